The molecule has 1 aliphatic heterocycles. The van der Waals surface area contributed by atoms with Gasteiger partial charge in [-0.3, -0.25) is 4.79 Å². The lowest BCUT2D eigenvalue weighted by Crippen LogP contribution is -2.55. The second-order valence-corrected chi connectivity index (χ2v) is 8.52. The highest BCUT2D eigenvalue weighted by Crippen LogP contribution is 2.44. The Bertz CT molecular complexity index is 1210. The van der Waals surface area contributed by atoms with Gasteiger partial charge in [0.05, 0.1) is 0 Å². The Balaban J connectivity index is 1.15. The Labute approximate surface area is 197 Å². The zero-order valence-electron chi connectivity index (χ0n) is 18.4. The molecule has 2 aliphatic rings. The van der Waals surface area contributed by atoms with Gasteiger partial charge in [0.15, 0.2) is 0 Å². The minimum Gasteiger partial charge on any atom is -0.480 e. The largest absolute Gasteiger partial charge is 0.480 e. The summed E-state index contributed by atoms with van der Waals surface area (Å²) in [5, 5.41) is 11.9. The number of carboxylic acids is 1. The van der Waals surface area contributed by atoms with Gasteiger partial charge in [-0.15, -0.1) is 0 Å². The number of ether oxygens (including phenoxy) is 1. The fraction of sp³-hybridized carbons (Fsp3) is 0.222. The summed E-state index contributed by atoms with van der Waals surface area (Å²) < 4.78 is 5.54. The average Bonchev–Trinajstić information content (AvgIpc) is 3.14. The van der Waals surface area contributed by atoms with Crippen molar-refractivity contribution >= 4 is 18.0 Å². The number of carbonyl (C=O) groups excluding carboxylic acids is 2. The minimum atomic E-state index is -0.983. The van der Waals surface area contributed by atoms with E-state index in [1.54, 1.807) is 24.3 Å². The second-order valence-electron chi connectivity index (χ2n) is 8.52. The van der Waals surface area contributed by atoms with Gasteiger partial charge in [0.25, 0.3) is 5.91 Å². The maximum Gasteiger partial charge on any atom is 0.407 e. The molecule has 1 aliphatic carbocycles. The summed E-state index contributed by atoms with van der Waals surface area (Å²) in [6.07, 6.45) is -0.0321. The van der Waals surface area contributed by atoms with E-state index in [9.17, 15) is 14.4 Å². The van der Waals surface area contributed by atoms with E-state index < -0.39 is 18.1 Å². The molecule has 1 fully saturated rings. The van der Waals surface area contributed by atoms with Gasteiger partial charge in [-0.2, -0.15) is 0 Å². The Kier molecular flexibility index (Phi) is 5.76. The van der Waals surface area contributed by atoms with Crippen molar-refractivity contribution in [1.82, 2.24) is 10.2 Å². The molecule has 2 amide bonds. The van der Waals surface area contributed by atoms with Crippen molar-refractivity contribution in [2.45, 2.75) is 24.9 Å². The normalized spacial score (nSPS) is 16.2. The van der Waals surface area contributed by atoms with E-state index in [0.717, 1.165) is 16.7 Å². The summed E-state index contributed by atoms with van der Waals surface area (Å²) in [5.74, 6) is -1.28. The van der Waals surface area contributed by atoms with Crippen LogP contribution in [0.3, 0.4) is 0 Å². The maximum absolute atomic E-state index is 12.5. The number of rotatable bonds is 6. The third-order valence-corrected chi connectivity index (χ3v) is 6.55. The Hall–Kier alpha value is -4.13. The molecule has 0 spiro atoms. The van der Waals surface area contributed by atoms with Crippen molar-refractivity contribution in [2.75, 3.05) is 13.2 Å². The van der Waals surface area contributed by atoms with Crippen molar-refractivity contribution in [3.8, 4) is 11.1 Å². The summed E-state index contributed by atoms with van der Waals surface area (Å²) in [6.45, 7) is 0.946. The second kappa shape index (κ2) is 9.02. The number of alkyl carbamates (subject to hydrolysis) is 1. The summed E-state index contributed by atoms with van der Waals surface area (Å²) in [7, 11) is 0. The summed E-state index contributed by atoms with van der Waals surface area (Å²) in [5.41, 5.74) is 5.90. The molecule has 1 heterocycles. The van der Waals surface area contributed by atoms with Crippen LogP contribution in [0.1, 0.15) is 39.4 Å². The van der Waals surface area contributed by atoms with E-state index in [0.29, 0.717) is 18.5 Å². The van der Waals surface area contributed by atoms with Crippen LogP contribution in [0, 0.1) is 0 Å². The predicted octanol–water partition coefficient (Wildman–Crippen LogP) is 4.02. The highest BCUT2D eigenvalue weighted by atomic mass is 16.5. The molecule has 7 heteroatoms. The Morgan fingerprint density at radius 1 is 0.912 bits per heavy atom. The van der Waals surface area contributed by atoms with E-state index in [1.807, 2.05) is 24.3 Å². The van der Waals surface area contributed by atoms with E-state index in [2.05, 4.69) is 29.6 Å². The smallest absolute Gasteiger partial charge is 0.407 e. The third-order valence-electron chi connectivity index (χ3n) is 6.55. The van der Waals surface area contributed by atoms with Crippen LogP contribution in [0.25, 0.3) is 11.1 Å². The number of nitrogens with zero attached hydrogens (tertiary/aromatic N) is 1. The molecule has 7 nitrogen and oxygen atoms in total. The molecule has 0 aromatic heterocycles. The molecule has 1 unspecified atom stereocenters. The third kappa shape index (κ3) is 4.01. The van der Waals surface area contributed by atoms with Crippen LogP contribution in [0.4, 0.5) is 4.79 Å². The molecule has 0 bridgehead atoms. The molecule has 1 saturated heterocycles. The highest BCUT2D eigenvalue weighted by molar-refractivity contribution is 5.97. The predicted molar refractivity (Wildman–Crippen MR) is 125 cm³/mol. The topological polar surface area (TPSA) is 95.9 Å². The number of hydrogen-bond donors (Lipinski definition) is 2. The molecule has 1 atom stereocenters. The number of nitrogens with one attached hydrogen (secondary N) is 1. The first-order valence-corrected chi connectivity index (χ1v) is 11.2. The molecule has 34 heavy (non-hydrogen) atoms. The fourth-order valence-corrected chi connectivity index (χ4v) is 4.64. The number of hydrogen-bond acceptors (Lipinski definition) is 4. The lowest BCUT2D eigenvalue weighted by Gasteiger charge is -2.37. The first kappa shape index (κ1) is 21.7. The summed E-state index contributed by atoms with van der Waals surface area (Å²) in [6, 6.07) is 22.4. The number of aliphatic carboxylic acids is 1. The Morgan fingerprint density at radius 2 is 1.53 bits per heavy atom. The quantitative estimate of drug-likeness (QED) is 0.584. The van der Waals surface area contributed by atoms with E-state index in [-0.39, 0.29) is 25.0 Å². The van der Waals surface area contributed by atoms with Gasteiger partial charge in [0, 0.05) is 24.6 Å². The van der Waals surface area contributed by atoms with Crippen molar-refractivity contribution in [3.63, 3.8) is 0 Å². The number of carboxylic acid groups (broad SMARTS) is 1. The number of likely N-dealkylation sites (tertiary alicyclic amines) is 1. The lowest BCUT2D eigenvalue weighted by atomic mass is 9.98. The molecule has 172 valence electrons. The number of benzene rings is 3. The monoisotopic (exact) mass is 456 g/mol. The van der Waals surface area contributed by atoms with E-state index >= 15 is 0 Å². The van der Waals surface area contributed by atoms with Crippen molar-refractivity contribution < 1.29 is 24.2 Å². The van der Waals surface area contributed by atoms with Crippen LogP contribution in [-0.4, -0.2) is 47.2 Å². The Morgan fingerprint density at radius 3 is 2.09 bits per heavy atom. The molecular weight excluding hydrogens is 432 g/mol. The molecule has 0 saturated carbocycles. The maximum atomic E-state index is 12.5. The summed E-state index contributed by atoms with van der Waals surface area (Å²) >= 11 is 0. The standard InChI is InChI=1S/C27H24N2O5/c30-25(29-14-13-24(29)26(31)32)18-11-9-17(10-12-18)15-28-27(33)34-16-23-21-7-3-1-5-19(21)20-6-2-4-8-22(20)23/h1-12,23-24H,13-16H2,(H,28,33)(H,31,32). The minimum absolute atomic E-state index is 0.000389. The van der Waals surface area contributed by atoms with Crippen LogP contribution < -0.4 is 5.32 Å². The SMILES string of the molecule is O=C(NCc1ccc(C(=O)N2CCC2C(=O)O)cc1)OCC1c2ccccc2-c2ccccc21. The zero-order valence-corrected chi connectivity index (χ0v) is 18.4. The van der Waals surface area contributed by atoms with Gasteiger partial charge in [0.2, 0.25) is 0 Å². The zero-order chi connectivity index (χ0) is 23.7. The first-order chi connectivity index (χ1) is 16.5. The summed E-state index contributed by atoms with van der Waals surface area (Å²) in [4.78, 5) is 37.3. The molecule has 2 N–H and O–H groups in total. The molecule has 5 rings (SSSR count). The van der Waals surface area contributed by atoms with Crippen LogP contribution in [0.2, 0.25) is 0 Å². The number of carbonyl (C=O) groups is 3. The van der Waals surface area contributed by atoms with E-state index in [4.69, 9.17) is 9.84 Å². The molecule has 3 aromatic carbocycles. The fourth-order valence-electron chi connectivity index (χ4n) is 4.64. The van der Waals surface area contributed by atoms with Gasteiger partial charge in [-0.1, -0.05) is 60.7 Å². The van der Waals surface area contributed by atoms with Gasteiger partial charge in [0.1, 0.15) is 12.6 Å². The lowest BCUT2D eigenvalue weighted by molar-refractivity contribution is -0.146. The average molecular weight is 456 g/mol. The number of fused-ring (bicyclic) bond motifs is 3. The van der Waals surface area contributed by atoms with Crippen LogP contribution in [0.5, 0.6) is 0 Å². The first-order valence-electron chi connectivity index (χ1n) is 11.2. The van der Waals surface area contributed by atoms with Crippen LogP contribution >= 0.6 is 0 Å². The van der Waals surface area contributed by atoms with Crippen molar-refractivity contribution in [3.05, 3.63) is 95.1 Å². The highest BCUT2D eigenvalue weighted by Gasteiger charge is 2.37. The van der Waals surface area contributed by atoms with E-state index in [1.165, 1.54) is 16.0 Å². The van der Waals surface area contributed by atoms with Gasteiger partial charge < -0.3 is 20.1 Å². The van der Waals surface area contributed by atoms with Crippen molar-refractivity contribution in [1.29, 1.82) is 0 Å². The van der Waals surface area contributed by atoms with Crippen molar-refractivity contribution in [2.24, 2.45) is 0 Å². The molecular formula is C27H24N2O5. The van der Waals surface area contributed by atoms with Crippen LogP contribution in [0.15, 0.2) is 72.8 Å². The molecule has 3 aromatic rings. The van der Waals surface area contributed by atoms with Gasteiger partial charge in [-0.25, -0.2) is 9.59 Å². The molecule has 0 radical (unpaired) electrons. The van der Waals surface area contributed by atoms with Crippen LogP contribution in [-0.2, 0) is 16.1 Å². The van der Waals surface area contributed by atoms with Gasteiger partial charge in [-0.05, 0) is 46.4 Å². The van der Waals surface area contributed by atoms with Gasteiger partial charge >= 0.3 is 12.1 Å². The number of amides is 2.